The third-order valence-electron chi connectivity index (χ3n) is 6.66. The largest absolute Gasteiger partial charge is 0.489 e. The molecule has 4 aromatic rings. The number of carbonyl (C=O) groups excluding carboxylic acids is 1. The molecule has 2 aromatic heterocycles. The van der Waals surface area contributed by atoms with Crippen LogP contribution in [0.3, 0.4) is 0 Å². The highest BCUT2D eigenvalue weighted by molar-refractivity contribution is 5.90. The summed E-state index contributed by atoms with van der Waals surface area (Å²) in [5.41, 5.74) is 7.55. The fourth-order valence-corrected chi connectivity index (χ4v) is 4.72. The van der Waals surface area contributed by atoms with E-state index >= 15 is 0 Å². The summed E-state index contributed by atoms with van der Waals surface area (Å²) < 4.78 is 14.0. The lowest BCUT2D eigenvalue weighted by Crippen LogP contribution is -2.40. The standard InChI is InChI=1S/C31H32N6O3/c1-4-27(38)36-17-9-12-23(19-36)37-30-28(29(32)33-21-34-30)26(35-37)15-16-31(2,3)40-25-14-8-13-24(18-25)39-20-22-10-6-5-7-11-22/h4-8,10-11,13-14,18,21,23H,1,9,12,17,19-20H2,2-3H3,(H2,32,33,34)/t23-/m1/s1. The Morgan fingerprint density at radius 2 is 1.98 bits per heavy atom. The number of amides is 1. The monoisotopic (exact) mass is 536 g/mol. The van der Waals surface area contributed by atoms with E-state index in [1.807, 2.05) is 73.1 Å². The number of fused-ring (bicyclic) bond motifs is 1. The lowest BCUT2D eigenvalue weighted by atomic mass is 10.1. The van der Waals surface area contributed by atoms with Gasteiger partial charge in [0.05, 0.1) is 11.4 Å². The van der Waals surface area contributed by atoms with E-state index in [2.05, 4.69) is 28.4 Å². The van der Waals surface area contributed by atoms with Crippen molar-refractivity contribution >= 4 is 22.8 Å². The number of hydrogen-bond donors (Lipinski definition) is 1. The predicted octanol–water partition coefficient (Wildman–Crippen LogP) is 4.55. The normalized spacial score (nSPS) is 15.2. The zero-order valence-electron chi connectivity index (χ0n) is 22.7. The Hall–Kier alpha value is -4.84. The van der Waals surface area contributed by atoms with Crippen LogP contribution in [0.2, 0.25) is 0 Å². The van der Waals surface area contributed by atoms with Crippen LogP contribution < -0.4 is 15.2 Å². The molecular formula is C31H32N6O3. The maximum absolute atomic E-state index is 12.2. The Balaban J connectivity index is 1.36. The van der Waals surface area contributed by atoms with Crippen molar-refractivity contribution in [2.45, 2.75) is 44.9 Å². The summed E-state index contributed by atoms with van der Waals surface area (Å²) in [6.45, 7) is 9.05. The molecule has 40 heavy (non-hydrogen) atoms. The zero-order valence-corrected chi connectivity index (χ0v) is 22.7. The smallest absolute Gasteiger partial charge is 0.246 e. The second-order valence-corrected chi connectivity index (χ2v) is 10.1. The molecule has 1 aliphatic rings. The van der Waals surface area contributed by atoms with Crippen LogP contribution in [0.4, 0.5) is 5.82 Å². The summed E-state index contributed by atoms with van der Waals surface area (Å²) in [6.07, 6.45) is 4.46. The fourth-order valence-electron chi connectivity index (χ4n) is 4.72. The molecule has 0 aliphatic carbocycles. The number of benzene rings is 2. The third kappa shape index (κ3) is 6.07. The van der Waals surface area contributed by atoms with Crippen LogP contribution in [-0.4, -0.2) is 49.2 Å². The van der Waals surface area contributed by atoms with Gasteiger partial charge in [-0.2, -0.15) is 5.10 Å². The van der Waals surface area contributed by atoms with Gasteiger partial charge in [0.15, 0.2) is 11.2 Å². The highest BCUT2D eigenvalue weighted by atomic mass is 16.5. The van der Waals surface area contributed by atoms with E-state index in [0.29, 0.717) is 53.7 Å². The molecular weight excluding hydrogens is 504 g/mol. The quantitative estimate of drug-likeness (QED) is 0.273. The molecule has 1 aliphatic heterocycles. The molecule has 1 atom stereocenters. The molecule has 0 radical (unpaired) electrons. The van der Waals surface area contributed by atoms with Crippen molar-refractivity contribution in [3.05, 3.63) is 84.8 Å². The van der Waals surface area contributed by atoms with Crippen molar-refractivity contribution in [2.24, 2.45) is 0 Å². The number of anilines is 1. The average molecular weight is 537 g/mol. The van der Waals surface area contributed by atoms with Gasteiger partial charge in [0.2, 0.25) is 5.91 Å². The van der Waals surface area contributed by atoms with E-state index in [0.717, 1.165) is 18.4 Å². The minimum Gasteiger partial charge on any atom is -0.489 e. The molecule has 0 unspecified atom stereocenters. The molecule has 5 rings (SSSR count). The summed E-state index contributed by atoms with van der Waals surface area (Å²) in [5.74, 6) is 7.91. The van der Waals surface area contributed by atoms with Gasteiger partial charge in [-0.1, -0.05) is 43.0 Å². The molecule has 0 bridgehead atoms. The first-order valence-corrected chi connectivity index (χ1v) is 13.2. The van der Waals surface area contributed by atoms with E-state index in [1.165, 1.54) is 12.4 Å². The molecule has 2 N–H and O–H groups in total. The molecule has 0 saturated carbocycles. The number of rotatable bonds is 7. The Morgan fingerprint density at radius 3 is 2.77 bits per heavy atom. The maximum Gasteiger partial charge on any atom is 0.246 e. The summed E-state index contributed by atoms with van der Waals surface area (Å²) in [7, 11) is 0. The number of nitrogen functional groups attached to an aromatic ring is 1. The number of likely N-dealkylation sites (tertiary alicyclic amines) is 1. The van der Waals surface area contributed by atoms with Gasteiger partial charge in [-0.05, 0) is 62.3 Å². The second kappa shape index (κ2) is 11.5. The summed E-state index contributed by atoms with van der Waals surface area (Å²) in [4.78, 5) is 22.6. The van der Waals surface area contributed by atoms with Crippen LogP contribution in [-0.2, 0) is 11.4 Å². The minimum absolute atomic E-state index is 0.0621. The molecule has 1 saturated heterocycles. The highest BCUT2D eigenvalue weighted by Crippen LogP contribution is 2.29. The Kier molecular flexibility index (Phi) is 7.69. The van der Waals surface area contributed by atoms with Gasteiger partial charge in [-0.25, -0.2) is 14.6 Å². The van der Waals surface area contributed by atoms with Crippen molar-refractivity contribution in [1.82, 2.24) is 24.6 Å². The van der Waals surface area contributed by atoms with Crippen LogP contribution in [0.1, 0.15) is 44.0 Å². The van der Waals surface area contributed by atoms with Crippen LogP contribution in [0, 0.1) is 11.8 Å². The van der Waals surface area contributed by atoms with E-state index in [4.69, 9.17) is 20.3 Å². The first kappa shape index (κ1) is 26.8. The van der Waals surface area contributed by atoms with Crippen molar-refractivity contribution in [3.8, 4) is 23.3 Å². The molecule has 0 spiro atoms. The summed E-state index contributed by atoms with van der Waals surface area (Å²) >= 11 is 0. The molecule has 204 valence electrons. The highest BCUT2D eigenvalue weighted by Gasteiger charge is 2.27. The number of ether oxygens (including phenoxy) is 2. The predicted molar refractivity (Wildman–Crippen MR) is 154 cm³/mol. The van der Waals surface area contributed by atoms with E-state index in [1.54, 1.807) is 4.90 Å². The van der Waals surface area contributed by atoms with Gasteiger partial charge in [0.25, 0.3) is 0 Å². The van der Waals surface area contributed by atoms with Crippen LogP contribution in [0.5, 0.6) is 11.5 Å². The first-order valence-electron chi connectivity index (χ1n) is 13.2. The molecule has 2 aromatic carbocycles. The summed E-state index contributed by atoms with van der Waals surface area (Å²) in [6, 6.07) is 17.4. The zero-order chi connectivity index (χ0) is 28.1. The third-order valence-corrected chi connectivity index (χ3v) is 6.66. The SMILES string of the molecule is C=CC(=O)N1CCC[C@@H](n2nc(C#CC(C)(C)Oc3cccc(OCc4ccccc4)c3)c3c(N)ncnc32)C1. The number of carbonyl (C=O) groups is 1. The van der Waals surface area contributed by atoms with Crippen molar-refractivity contribution in [3.63, 3.8) is 0 Å². The van der Waals surface area contributed by atoms with Crippen molar-refractivity contribution in [1.29, 1.82) is 0 Å². The minimum atomic E-state index is -0.851. The number of piperidine rings is 1. The van der Waals surface area contributed by atoms with Gasteiger partial charge in [0, 0.05) is 19.2 Å². The number of nitrogens with zero attached hydrogens (tertiary/aromatic N) is 5. The summed E-state index contributed by atoms with van der Waals surface area (Å²) in [5, 5.41) is 5.38. The number of hydrogen-bond acceptors (Lipinski definition) is 7. The van der Waals surface area contributed by atoms with Gasteiger partial charge in [-0.15, -0.1) is 0 Å². The topological polar surface area (TPSA) is 108 Å². The Labute approximate surface area is 233 Å². The molecule has 1 amide bonds. The van der Waals surface area contributed by atoms with E-state index in [-0.39, 0.29) is 11.9 Å². The van der Waals surface area contributed by atoms with E-state index in [9.17, 15) is 4.79 Å². The van der Waals surface area contributed by atoms with Crippen molar-refractivity contribution in [2.75, 3.05) is 18.8 Å². The molecule has 9 heteroatoms. The van der Waals surface area contributed by atoms with E-state index < -0.39 is 5.60 Å². The number of nitrogens with two attached hydrogens (primary N) is 1. The average Bonchev–Trinajstić information content (AvgIpc) is 3.35. The van der Waals surface area contributed by atoms with Crippen LogP contribution in [0.15, 0.2) is 73.6 Å². The Bertz CT molecular complexity index is 1590. The van der Waals surface area contributed by atoms with Crippen LogP contribution >= 0.6 is 0 Å². The van der Waals surface area contributed by atoms with Crippen LogP contribution in [0.25, 0.3) is 11.0 Å². The maximum atomic E-state index is 12.2. The fraction of sp³-hybridized carbons (Fsp3) is 0.290. The lowest BCUT2D eigenvalue weighted by molar-refractivity contribution is -0.127. The first-order chi connectivity index (χ1) is 19.3. The Morgan fingerprint density at radius 1 is 1.18 bits per heavy atom. The van der Waals surface area contributed by atoms with Gasteiger partial charge in [-0.3, -0.25) is 4.79 Å². The molecule has 9 nitrogen and oxygen atoms in total. The van der Waals surface area contributed by atoms with Gasteiger partial charge < -0.3 is 20.1 Å². The lowest BCUT2D eigenvalue weighted by Gasteiger charge is -2.32. The molecule has 1 fully saturated rings. The second-order valence-electron chi connectivity index (χ2n) is 10.1. The van der Waals surface area contributed by atoms with Crippen molar-refractivity contribution < 1.29 is 14.3 Å². The van der Waals surface area contributed by atoms with Gasteiger partial charge in [0.1, 0.15) is 35.9 Å². The number of aromatic nitrogens is 4. The molecule has 3 heterocycles. The van der Waals surface area contributed by atoms with Gasteiger partial charge >= 0.3 is 0 Å².